The van der Waals surface area contributed by atoms with Crippen molar-refractivity contribution in [2.24, 2.45) is 0 Å². The van der Waals surface area contributed by atoms with Crippen molar-refractivity contribution in [1.29, 1.82) is 0 Å². The van der Waals surface area contributed by atoms with E-state index >= 15 is 0 Å². The van der Waals surface area contributed by atoms with E-state index in [9.17, 15) is 4.79 Å². The predicted molar refractivity (Wildman–Crippen MR) is 68.9 cm³/mol. The fraction of sp³-hybridized carbons (Fsp3) is 0.167. The smallest absolute Gasteiger partial charge is 0.238 e. The molecule has 1 heterocycles. The monoisotopic (exact) mass is 247 g/mol. The van der Waals surface area contributed by atoms with Crippen molar-refractivity contribution in [3.05, 3.63) is 46.9 Å². The highest BCUT2D eigenvalue weighted by atomic mass is 32.1. The van der Waals surface area contributed by atoms with Crippen LogP contribution in [0.4, 0.5) is 5.69 Å². The summed E-state index contributed by atoms with van der Waals surface area (Å²) in [6, 6.07) is 9.42. The number of carbonyl (C=O) groups is 1. The van der Waals surface area contributed by atoms with Crippen molar-refractivity contribution in [1.82, 2.24) is 10.3 Å². The molecule has 1 aromatic carbocycles. The van der Waals surface area contributed by atoms with Crippen molar-refractivity contribution in [3.8, 4) is 0 Å². The Morgan fingerprint density at radius 3 is 2.82 bits per heavy atom. The SMILES string of the molecule is O=C(CNCc1cncs1)Nc1ccccc1. The zero-order valence-corrected chi connectivity index (χ0v) is 10.0. The average Bonchev–Trinajstić information content (AvgIpc) is 2.83. The molecular formula is C12H13N3OS. The summed E-state index contributed by atoms with van der Waals surface area (Å²) in [6.07, 6.45) is 1.80. The van der Waals surface area contributed by atoms with Crippen molar-refractivity contribution >= 4 is 22.9 Å². The Labute approximate surface area is 104 Å². The van der Waals surface area contributed by atoms with Gasteiger partial charge in [-0.15, -0.1) is 11.3 Å². The number of hydrogen-bond acceptors (Lipinski definition) is 4. The maximum atomic E-state index is 11.6. The number of nitrogens with zero attached hydrogens (tertiary/aromatic N) is 1. The molecule has 0 spiro atoms. The first-order chi connectivity index (χ1) is 8.34. The Morgan fingerprint density at radius 1 is 1.29 bits per heavy atom. The molecule has 2 rings (SSSR count). The highest BCUT2D eigenvalue weighted by molar-refractivity contribution is 7.09. The first-order valence-corrected chi connectivity index (χ1v) is 6.15. The summed E-state index contributed by atoms with van der Waals surface area (Å²) in [4.78, 5) is 16.6. The van der Waals surface area contributed by atoms with Crippen molar-refractivity contribution in [2.45, 2.75) is 6.54 Å². The molecule has 0 saturated heterocycles. The molecule has 1 amide bonds. The van der Waals surface area contributed by atoms with E-state index < -0.39 is 0 Å². The molecule has 17 heavy (non-hydrogen) atoms. The maximum Gasteiger partial charge on any atom is 0.238 e. The van der Waals surface area contributed by atoms with Crippen LogP contribution in [0.1, 0.15) is 4.88 Å². The molecular weight excluding hydrogens is 234 g/mol. The first-order valence-electron chi connectivity index (χ1n) is 5.27. The third-order valence-electron chi connectivity index (χ3n) is 2.13. The number of anilines is 1. The summed E-state index contributed by atoms with van der Waals surface area (Å²) in [5.41, 5.74) is 2.60. The van der Waals surface area contributed by atoms with Gasteiger partial charge in [-0.2, -0.15) is 0 Å². The summed E-state index contributed by atoms with van der Waals surface area (Å²) in [6.45, 7) is 0.972. The number of rotatable bonds is 5. The van der Waals surface area contributed by atoms with E-state index in [1.54, 1.807) is 23.0 Å². The van der Waals surface area contributed by atoms with Crippen LogP contribution >= 0.6 is 11.3 Å². The lowest BCUT2D eigenvalue weighted by Gasteiger charge is -2.05. The first kappa shape index (κ1) is 11.8. The fourth-order valence-corrected chi connectivity index (χ4v) is 1.92. The van der Waals surface area contributed by atoms with Gasteiger partial charge >= 0.3 is 0 Å². The Bertz CT molecular complexity index is 456. The van der Waals surface area contributed by atoms with Crippen LogP contribution in [0.2, 0.25) is 0 Å². The number of nitrogens with one attached hydrogen (secondary N) is 2. The molecule has 4 nitrogen and oxygen atoms in total. The highest BCUT2D eigenvalue weighted by Gasteiger charge is 2.01. The van der Waals surface area contributed by atoms with Gasteiger partial charge in [0.25, 0.3) is 0 Å². The molecule has 88 valence electrons. The maximum absolute atomic E-state index is 11.6. The lowest BCUT2D eigenvalue weighted by atomic mass is 10.3. The number of thiazole rings is 1. The average molecular weight is 247 g/mol. The third kappa shape index (κ3) is 3.97. The second-order valence-electron chi connectivity index (χ2n) is 3.49. The van der Waals surface area contributed by atoms with Gasteiger partial charge in [-0.25, -0.2) is 0 Å². The van der Waals surface area contributed by atoms with Gasteiger partial charge in [0.1, 0.15) is 0 Å². The normalized spacial score (nSPS) is 10.1. The van der Waals surface area contributed by atoms with Gasteiger partial charge in [0, 0.05) is 23.3 Å². The minimum Gasteiger partial charge on any atom is -0.325 e. The number of carbonyl (C=O) groups excluding carboxylic acids is 1. The summed E-state index contributed by atoms with van der Waals surface area (Å²) in [5.74, 6) is -0.0410. The number of benzene rings is 1. The predicted octanol–water partition coefficient (Wildman–Crippen LogP) is 1.87. The molecule has 0 saturated carbocycles. The van der Waals surface area contributed by atoms with Crippen LogP contribution < -0.4 is 10.6 Å². The van der Waals surface area contributed by atoms with Gasteiger partial charge in [0.2, 0.25) is 5.91 Å². The topological polar surface area (TPSA) is 54.0 Å². The molecule has 0 bridgehead atoms. The van der Waals surface area contributed by atoms with E-state index in [0.29, 0.717) is 13.1 Å². The van der Waals surface area contributed by atoms with Gasteiger partial charge in [-0.05, 0) is 12.1 Å². The quantitative estimate of drug-likeness (QED) is 0.848. The molecule has 5 heteroatoms. The molecule has 2 aromatic rings. The minimum absolute atomic E-state index is 0.0410. The van der Waals surface area contributed by atoms with Crippen LogP contribution in [0.25, 0.3) is 0 Å². The zero-order valence-electron chi connectivity index (χ0n) is 9.22. The van der Waals surface area contributed by atoms with Gasteiger partial charge < -0.3 is 10.6 Å². The number of para-hydroxylation sites is 1. The molecule has 0 aliphatic rings. The van der Waals surface area contributed by atoms with E-state index in [1.165, 1.54) is 0 Å². The number of aromatic nitrogens is 1. The van der Waals surface area contributed by atoms with Gasteiger partial charge in [-0.3, -0.25) is 9.78 Å². The molecule has 2 N–H and O–H groups in total. The molecule has 0 aliphatic heterocycles. The van der Waals surface area contributed by atoms with Crippen LogP contribution in [0.5, 0.6) is 0 Å². The van der Waals surface area contributed by atoms with Gasteiger partial charge in [0.15, 0.2) is 0 Å². The lowest BCUT2D eigenvalue weighted by molar-refractivity contribution is -0.115. The number of amides is 1. The molecule has 1 aromatic heterocycles. The Balaban J connectivity index is 1.71. The van der Waals surface area contributed by atoms with Crippen LogP contribution in [0, 0.1) is 0 Å². The Kier molecular flexibility index (Phi) is 4.23. The molecule has 0 atom stereocenters. The molecule has 0 radical (unpaired) electrons. The largest absolute Gasteiger partial charge is 0.325 e. The van der Waals surface area contributed by atoms with Gasteiger partial charge in [-0.1, -0.05) is 18.2 Å². The van der Waals surface area contributed by atoms with Gasteiger partial charge in [0.05, 0.1) is 12.1 Å². The third-order valence-corrected chi connectivity index (χ3v) is 2.91. The van der Waals surface area contributed by atoms with Crippen LogP contribution in [0.15, 0.2) is 42.0 Å². The Morgan fingerprint density at radius 2 is 2.12 bits per heavy atom. The van der Waals surface area contributed by atoms with E-state index in [1.807, 2.05) is 30.3 Å². The zero-order chi connectivity index (χ0) is 11.9. The van der Waals surface area contributed by atoms with Crippen LogP contribution in [-0.4, -0.2) is 17.4 Å². The molecule has 0 unspecified atom stereocenters. The van der Waals surface area contributed by atoms with E-state index in [4.69, 9.17) is 0 Å². The van der Waals surface area contributed by atoms with Crippen molar-refractivity contribution < 1.29 is 4.79 Å². The standard InChI is InChI=1S/C12H13N3OS/c16-12(15-10-4-2-1-3-5-10)8-13-6-11-7-14-9-17-11/h1-5,7,9,13H,6,8H2,(H,15,16). The molecule has 0 aliphatic carbocycles. The summed E-state index contributed by atoms with van der Waals surface area (Å²) in [5, 5.41) is 5.87. The second kappa shape index (κ2) is 6.12. The van der Waals surface area contributed by atoms with E-state index in [2.05, 4.69) is 15.6 Å². The lowest BCUT2D eigenvalue weighted by Crippen LogP contribution is -2.27. The van der Waals surface area contributed by atoms with E-state index in [0.717, 1.165) is 10.6 Å². The van der Waals surface area contributed by atoms with Crippen molar-refractivity contribution in [3.63, 3.8) is 0 Å². The number of hydrogen-bond donors (Lipinski definition) is 2. The van der Waals surface area contributed by atoms with Crippen LogP contribution in [0.3, 0.4) is 0 Å². The fourth-order valence-electron chi connectivity index (χ4n) is 1.36. The summed E-state index contributed by atoms with van der Waals surface area (Å²) >= 11 is 1.57. The van der Waals surface area contributed by atoms with E-state index in [-0.39, 0.29) is 5.91 Å². The summed E-state index contributed by atoms with van der Waals surface area (Å²) in [7, 11) is 0. The highest BCUT2D eigenvalue weighted by Crippen LogP contribution is 2.05. The Hall–Kier alpha value is -1.72. The second-order valence-corrected chi connectivity index (χ2v) is 4.46. The van der Waals surface area contributed by atoms with Crippen molar-refractivity contribution in [2.75, 3.05) is 11.9 Å². The summed E-state index contributed by atoms with van der Waals surface area (Å²) < 4.78 is 0. The van der Waals surface area contributed by atoms with Crippen LogP contribution in [-0.2, 0) is 11.3 Å². The molecule has 0 fully saturated rings. The minimum atomic E-state index is -0.0410.